The molecule has 3 N–H and O–H groups in total. The van der Waals surface area contributed by atoms with Crippen LogP contribution in [-0.4, -0.2) is 67.6 Å². The lowest BCUT2D eigenvalue weighted by atomic mass is 10.1. The molecule has 1 saturated heterocycles. The van der Waals surface area contributed by atoms with Gasteiger partial charge in [-0.05, 0) is 19.3 Å². The van der Waals surface area contributed by atoms with Gasteiger partial charge >= 0.3 is 0 Å². The van der Waals surface area contributed by atoms with Crippen LogP contribution in [0, 0.1) is 0 Å². The summed E-state index contributed by atoms with van der Waals surface area (Å²) < 4.78 is 10.8. The maximum atomic E-state index is 5.55. The SMILES string of the molecule is NCCOCCOCCNc1nc(-c2ccccc2)nc(N2CCCCC2)n1. The number of piperidine rings is 1. The van der Waals surface area contributed by atoms with Gasteiger partial charge in [0.05, 0.1) is 26.4 Å². The van der Waals surface area contributed by atoms with Crippen molar-refractivity contribution in [2.24, 2.45) is 5.73 Å². The van der Waals surface area contributed by atoms with Crippen molar-refractivity contribution in [1.82, 2.24) is 15.0 Å². The number of nitrogens with two attached hydrogens (primary N) is 1. The van der Waals surface area contributed by atoms with Crippen LogP contribution in [0.15, 0.2) is 30.3 Å². The zero-order valence-electron chi connectivity index (χ0n) is 16.3. The van der Waals surface area contributed by atoms with Crippen molar-refractivity contribution >= 4 is 11.9 Å². The van der Waals surface area contributed by atoms with Crippen molar-refractivity contribution in [3.8, 4) is 11.4 Å². The second kappa shape index (κ2) is 11.5. The normalized spacial score (nSPS) is 14.2. The van der Waals surface area contributed by atoms with E-state index in [9.17, 15) is 0 Å². The Morgan fingerprint density at radius 3 is 2.39 bits per heavy atom. The minimum absolute atomic E-state index is 0.532. The molecule has 152 valence electrons. The summed E-state index contributed by atoms with van der Waals surface area (Å²) in [4.78, 5) is 16.2. The summed E-state index contributed by atoms with van der Waals surface area (Å²) in [6.45, 7) is 5.35. The second-order valence-corrected chi connectivity index (χ2v) is 6.64. The van der Waals surface area contributed by atoms with Crippen molar-refractivity contribution in [2.45, 2.75) is 19.3 Å². The molecule has 8 heteroatoms. The van der Waals surface area contributed by atoms with Gasteiger partial charge in [-0.1, -0.05) is 30.3 Å². The third-order valence-electron chi connectivity index (χ3n) is 4.46. The molecule has 0 amide bonds. The van der Waals surface area contributed by atoms with Crippen LogP contribution in [0.2, 0.25) is 0 Å². The summed E-state index contributed by atoms with van der Waals surface area (Å²) in [6.07, 6.45) is 3.62. The molecule has 0 unspecified atom stereocenters. The van der Waals surface area contributed by atoms with Gasteiger partial charge in [-0.25, -0.2) is 0 Å². The van der Waals surface area contributed by atoms with E-state index in [1.165, 1.54) is 19.3 Å². The van der Waals surface area contributed by atoms with Crippen molar-refractivity contribution in [2.75, 3.05) is 62.8 Å². The number of hydrogen-bond donors (Lipinski definition) is 2. The first-order valence-electron chi connectivity index (χ1n) is 10.0. The summed E-state index contributed by atoms with van der Waals surface area (Å²) in [6, 6.07) is 10.0. The average molecular weight is 387 g/mol. The first kappa shape index (κ1) is 20.4. The maximum Gasteiger partial charge on any atom is 0.230 e. The van der Waals surface area contributed by atoms with Gasteiger partial charge in [0, 0.05) is 31.7 Å². The summed E-state index contributed by atoms with van der Waals surface area (Å²) >= 11 is 0. The quantitative estimate of drug-likeness (QED) is 0.565. The molecule has 3 rings (SSSR count). The van der Waals surface area contributed by atoms with E-state index in [0.717, 1.165) is 24.6 Å². The van der Waals surface area contributed by atoms with Gasteiger partial charge in [0.2, 0.25) is 11.9 Å². The lowest BCUT2D eigenvalue weighted by Crippen LogP contribution is -2.31. The van der Waals surface area contributed by atoms with Gasteiger partial charge in [0.15, 0.2) is 5.82 Å². The lowest BCUT2D eigenvalue weighted by molar-refractivity contribution is 0.0547. The van der Waals surface area contributed by atoms with Crippen LogP contribution >= 0.6 is 0 Å². The maximum absolute atomic E-state index is 5.55. The minimum atomic E-state index is 0.532. The molecule has 2 heterocycles. The second-order valence-electron chi connectivity index (χ2n) is 6.64. The fourth-order valence-corrected chi connectivity index (χ4v) is 3.04. The number of aromatic nitrogens is 3. The van der Waals surface area contributed by atoms with E-state index in [4.69, 9.17) is 20.2 Å². The molecular weight excluding hydrogens is 356 g/mol. The number of nitrogens with one attached hydrogen (secondary N) is 1. The third-order valence-corrected chi connectivity index (χ3v) is 4.46. The van der Waals surface area contributed by atoms with Crippen molar-refractivity contribution in [3.05, 3.63) is 30.3 Å². The van der Waals surface area contributed by atoms with Crippen molar-refractivity contribution in [3.63, 3.8) is 0 Å². The Bertz CT molecular complexity index is 694. The first-order chi connectivity index (χ1) is 13.9. The Morgan fingerprint density at radius 2 is 1.64 bits per heavy atom. The predicted octanol–water partition coefficient (Wildman–Crippen LogP) is 1.93. The zero-order chi connectivity index (χ0) is 19.4. The molecule has 0 spiro atoms. The monoisotopic (exact) mass is 386 g/mol. The Kier molecular flexibility index (Phi) is 8.42. The molecule has 28 heavy (non-hydrogen) atoms. The van der Waals surface area contributed by atoms with Crippen LogP contribution in [-0.2, 0) is 9.47 Å². The van der Waals surface area contributed by atoms with Crippen LogP contribution in [0.25, 0.3) is 11.4 Å². The smallest absolute Gasteiger partial charge is 0.230 e. The summed E-state index contributed by atoms with van der Waals surface area (Å²) in [5.74, 6) is 2.01. The Morgan fingerprint density at radius 1 is 0.893 bits per heavy atom. The molecule has 0 aliphatic carbocycles. The molecule has 1 aliphatic rings. The number of rotatable bonds is 11. The van der Waals surface area contributed by atoms with Crippen LogP contribution in [0.5, 0.6) is 0 Å². The summed E-state index contributed by atoms with van der Waals surface area (Å²) in [7, 11) is 0. The third kappa shape index (κ3) is 6.40. The molecule has 0 bridgehead atoms. The summed E-state index contributed by atoms with van der Waals surface area (Å²) in [5, 5.41) is 3.26. The van der Waals surface area contributed by atoms with E-state index in [0.29, 0.717) is 51.3 Å². The number of nitrogens with zero attached hydrogens (tertiary/aromatic N) is 4. The van der Waals surface area contributed by atoms with E-state index in [-0.39, 0.29) is 0 Å². The highest BCUT2D eigenvalue weighted by atomic mass is 16.5. The molecule has 1 aliphatic heterocycles. The Hall–Kier alpha value is -2.29. The first-order valence-corrected chi connectivity index (χ1v) is 10.0. The lowest BCUT2D eigenvalue weighted by Gasteiger charge is -2.27. The van der Waals surface area contributed by atoms with E-state index in [2.05, 4.69) is 20.2 Å². The molecule has 8 nitrogen and oxygen atoms in total. The highest BCUT2D eigenvalue weighted by Gasteiger charge is 2.16. The van der Waals surface area contributed by atoms with Gasteiger partial charge < -0.3 is 25.4 Å². The van der Waals surface area contributed by atoms with E-state index >= 15 is 0 Å². The van der Waals surface area contributed by atoms with Crippen molar-refractivity contribution in [1.29, 1.82) is 0 Å². The van der Waals surface area contributed by atoms with Crippen LogP contribution in [0.1, 0.15) is 19.3 Å². The topological polar surface area (TPSA) is 98.4 Å². The Balaban J connectivity index is 1.61. The van der Waals surface area contributed by atoms with Gasteiger partial charge in [-0.3, -0.25) is 0 Å². The molecule has 0 atom stereocenters. The fourth-order valence-electron chi connectivity index (χ4n) is 3.04. The zero-order valence-corrected chi connectivity index (χ0v) is 16.3. The standard InChI is InChI=1S/C20H30N6O2/c21-9-13-27-15-16-28-14-10-22-19-23-18(17-7-3-1-4-8-17)24-20(25-19)26-11-5-2-6-12-26/h1,3-4,7-8H,2,5-6,9-16,21H2,(H,22,23,24,25). The fraction of sp³-hybridized carbons (Fsp3) is 0.550. The molecule has 1 aromatic heterocycles. The largest absolute Gasteiger partial charge is 0.378 e. The van der Waals surface area contributed by atoms with Gasteiger partial charge in [0.25, 0.3) is 0 Å². The van der Waals surface area contributed by atoms with Gasteiger partial charge in [0.1, 0.15) is 0 Å². The van der Waals surface area contributed by atoms with E-state index in [1.807, 2.05) is 30.3 Å². The minimum Gasteiger partial charge on any atom is -0.378 e. The molecule has 0 saturated carbocycles. The Labute approximate surface area is 166 Å². The average Bonchev–Trinajstić information content (AvgIpc) is 2.76. The molecule has 2 aromatic rings. The predicted molar refractivity (Wildman–Crippen MR) is 111 cm³/mol. The molecule has 0 radical (unpaired) electrons. The van der Waals surface area contributed by atoms with Crippen LogP contribution < -0.4 is 16.0 Å². The number of hydrogen-bond acceptors (Lipinski definition) is 8. The van der Waals surface area contributed by atoms with Crippen LogP contribution in [0.3, 0.4) is 0 Å². The van der Waals surface area contributed by atoms with E-state index < -0.39 is 0 Å². The molecular formula is C20H30N6O2. The number of benzene rings is 1. The number of anilines is 2. The number of ether oxygens (including phenoxy) is 2. The van der Waals surface area contributed by atoms with Crippen molar-refractivity contribution < 1.29 is 9.47 Å². The van der Waals surface area contributed by atoms with Gasteiger partial charge in [-0.2, -0.15) is 15.0 Å². The van der Waals surface area contributed by atoms with Gasteiger partial charge in [-0.15, -0.1) is 0 Å². The summed E-state index contributed by atoms with van der Waals surface area (Å²) in [5.41, 5.74) is 6.36. The van der Waals surface area contributed by atoms with E-state index in [1.54, 1.807) is 0 Å². The molecule has 1 fully saturated rings. The highest BCUT2D eigenvalue weighted by Crippen LogP contribution is 2.21. The van der Waals surface area contributed by atoms with Crippen LogP contribution in [0.4, 0.5) is 11.9 Å². The molecule has 1 aromatic carbocycles. The highest BCUT2D eigenvalue weighted by molar-refractivity contribution is 5.58.